The highest BCUT2D eigenvalue weighted by Gasteiger charge is 2.36. The van der Waals surface area contributed by atoms with Crippen LogP contribution in [0.2, 0.25) is 0 Å². The Hall–Kier alpha value is -1.24. The lowest BCUT2D eigenvalue weighted by Crippen LogP contribution is -2.51. The van der Waals surface area contributed by atoms with Gasteiger partial charge in [-0.1, -0.05) is 6.08 Å². The van der Waals surface area contributed by atoms with Crippen molar-refractivity contribution in [3.8, 4) is 0 Å². The molecule has 23 heavy (non-hydrogen) atoms. The maximum atomic E-state index is 12.5. The van der Waals surface area contributed by atoms with Gasteiger partial charge in [0.1, 0.15) is 11.0 Å². The van der Waals surface area contributed by atoms with E-state index in [0.717, 1.165) is 50.4 Å². The first-order valence-electron chi connectivity index (χ1n) is 8.50. The van der Waals surface area contributed by atoms with Gasteiger partial charge in [-0.15, -0.1) is 11.3 Å². The second-order valence-corrected chi connectivity index (χ2v) is 6.99. The fourth-order valence-corrected chi connectivity index (χ4v) is 4.25. The zero-order chi connectivity index (χ0) is 16.1. The summed E-state index contributed by atoms with van der Waals surface area (Å²) in [4.78, 5) is 19.2. The van der Waals surface area contributed by atoms with Crippen LogP contribution in [0.4, 0.5) is 0 Å². The number of ether oxygens (including phenoxy) is 1. The minimum Gasteiger partial charge on any atom is -0.465 e. The van der Waals surface area contributed by atoms with Crippen molar-refractivity contribution < 1.29 is 9.53 Å². The number of hydrogen-bond acceptors (Lipinski definition) is 6. The van der Waals surface area contributed by atoms with Crippen LogP contribution in [0.1, 0.15) is 31.2 Å². The second kappa shape index (κ2) is 8.04. The van der Waals surface area contributed by atoms with Crippen molar-refractivity contribution >= 4 is 22.9 Å². The van der Waals surface area contributed by atoms with E-state index in [1.54, 1.807) is 11.3 Å². The van der Waals surface area contributed by atoms with Gasteiger partial charge in [0.15, 0.2) is 0 Å². The second-order valence-electron chi connectivity index (χ2n) is 6.10. The Labute approximate surface area is 141 Å². The lowest BCUT2D eigenvalue weighted by Gasteiger charge is -2.38. The monoisotopic (exact) mass is 335 g/mol. The summed E-state index contributed by atoms with van der Waals surface area (Å²) in [5.74, 6) is 0.343. The molecule has 2 aliphatic rings. The van der Waals surface area contributed by atoms with Crippen molar-refractivity contribution in [3.63, 3.8) is 0 Å². The van der Waals surface area contributed by atoms with Crippen LogP contribution in [-0.2, 0) is 9.53 Å². The van der Waals surface area contributed by atoms with Crippen LogP contribution < -0.4 is 5.32 Å². The molecule has 0 spiro atoms. The lowest BCUT2D eigenvalue weighted by atomic mass is 9.88. The third-order valence-electron chi connectivity index (χ3n) is 4.70. The Kier molecular flexibility index (Phi) is 5.80. The van der Waals surface area contributed by atoms with Gasteiger partial charge >= 0.3 is 5.97 Å². The molecule has 0 radical (unpaired) electrons. The van der Waals surface area contributed by atoms with Crippen LogP contribution in [0.5, 0.6) is 0 Å². The number of rotatable bonds is 5. The topological polar surface area (TPSA) is 54.5 Å². The molecule has 1 atom stereocenters. The summed E-state index contributed by atoms with van der Waals surface area (Å²) < 4.78 is 5.38. The predicted molar refractivity (Wildman–Crippen MR) is 92.3 cm³/mol. The lowest BCUT2D eigenvalue weighted by molar-refractivity contribution is -0.152. The third-order valence-corrected chi connectivity index (χ3v) is 5.55. The van der Waals surface area contributed by atoms with Gasteiger partial charge in [0.05, 0.1) is 6.61 Å². The van der Waals surface area contributed by atoms with Crippen LogP contribution in [0.25, 0.3) is 5.57 Å². The van der Waals surface area contributed by atoms with Crippen LogP contribution in [0, 0.1) is 5.92 Å². The van der Waals surface area contributed by atoms with Gasteiger partial charge in [0.25, 0.3) is 0 Å². The fourth-order valence-electron chi connectivity index (χ4n) is 3.54. The van der Waals surface area contributed by atoms with E-state index in [4.69, 9.17) is 4.74 Å². The van der Waals surface area contributed by atoms with Gasteiger partial charge in [-0.05, 0) is 50.8 Å². The van der Waals surface area contributed by atoms with Crippen molar-refractivity contribution in [2.24, 2.45) is 5.92 Å². The van der Waals surface area contributed by atoms with E-state index in [1.165, 1.54) is 5.57 Å². The first-order valence-corrected chi connectivity index (χ1v) is 9.38. The average Bonchev–Trinajstić information content (AvgIpc) is 3.12. The largest absolute Gasteiger partial charge is 0.465 e. The summed E-state index contributed by atoms with van der Waals surface area (Å²) in [6.07, 6.45) is 7.12. The highest BCUT2D eigenvalue weighted by molar-refractivity contribution is 7.10. The van der Waals surface area contributed by atoms with E-state index in [9.17, 15) is 4.79 Å². The quantitative estimate of drug-likeness (QED) is 0.836. The van der Waals surface area contributed by atoms with Crippen molar-refractivity contribution in [1.29, 1.82) is 0 Å². The number of hydrogen-bond donors (Lipinski definition) is 1. The number of esters is 1. The number of carbonyl (C=O) groups is 1. The molecule has 1 aromatic rings. The molecule has 0 saturated carbocycles. The average molecular weight is 335 g/mol. The van der Waals surface area contributed by atoms with Gasteiger partial charge in [-0.3, -0.25) is 9.69 Å². The molecule has 1 saturated heterocycles. The summed E-state index contributed by atoms with van der Waals surface area (Å²) in [7, 11) is 0. The van der Waals surface area contributed by atoms with Gasteiger partial charge in [-0.2, -0.15) is 0 Å². The normalized spacial score (nSPS) is 21.7. The van der Waals surface area contributed by atoms with E-state index in [-0.39, 0.29) is 12.0 Å². The summed E-state index contributed by atoms with van der Waals surface area (Å²) in [5.41, 5.74) is 1.31. The minimum absolute atomic E-state index is 0.0505. The van der Waals surface area contributed by atoms with Crippen molar-refractivity contribution in [2.45, 2.75) is 32.2 Å². The number of thiazole rings is 1. The highest BCUT2D eigenvalue weighted by Crippen LogP contribution is 2.28. The molecule has 5 nitrogen and oxygen atoms in total. The highest BCUT2D eigenvalue weighted by atomic mass is 32.1. The third kappa shape index (κ3) is 4.00. The molecule has 126 valence electrons. The summed E-state index contributed by atoms with van der Waals surface area (Å²) >= 11 is 1.68. The Balaban J connectivity index is 1.71. The molecule has 0 aliphatic carbocycles. The first-order chi connectivity index (χ1) is 11.3. The predicted octanol–water partition coefficient (Wildman–Crippen LogP) is 2.16. The molecule has 3 heterocycles. The maximum absolute atomic E-state index is 12.5. The zero-order valence-electron chi connectivity index (χ0n) is 13.7. The Bertz CT molecular complexity index is 538. The number of aromatic nitrogens is 1. The SMILES string of the molecule is CCOC(=O)C(C1CCNCC1)N1CC=C(c2nccs2)CC1. The van der Waals surface area contributed by atoms with Crippen LogP contribution in [-0.4, -0.2) is 54.7 Å². The molecule has 0 amide bonds. The van der Waals surface area contributed by atoms with Gasteiger partial charge < -0.3 is 10.1 Å². The van der Waals surface area contributed by atoms with Gasteiger partial charge in [0, 0.05) is 24.7 Å². The van der Waals surface area contributed by atoms with E-state index < -0.39 is 0 Å². The molecule has 1 aromatic heterocycles. The van der Waals surface area contributed by atoms with Gasteiger partial charge in [-0.25, -0.2) is 4.98 Å². The summed E-state index contributed by atoms with van der Waals surface area (Å²) in [6, 6.07) is -0.105. The van der Waals surface area contributed by atoms with Crippen LogP contribution in [0.15, 0.2) is 17.7 Å². The molecule has 3 rings (SSSR count). The molecule has 2 aliphatic heterocycles. The molecule has 6 heteroatoms. The molecule has 1 N–H and O–H groups in total. The van der Waals surface area contributed by atoms with Crippen molar-refractivity contribution in [1.82, 2.24) is 15.2 Å². The number of nitrogens with one attached hydrogen (secondary N) is 1. The molecular weight excluding hydrogens is 310 g/mol. The zero-order valence-corrected chi connectivity index (χ0v) is 14.5. The van der Waals surface area contributed by atoms with Gasteiger partial charge in [0.2, 0.25) is 0 Å². The number of nitrogens with zero attached hydrogens (tertiary/aromatic N) is 2. The Morgan fingerprint density at radius 1 is 1.52 bits per heavy atom. The standard InChI is InChI=1S/C17H25N3O2S/c1-2-22-17(21)15(13-3-7-18-8-4-13)20-10-5-14(6-11-20)16-19-9-12-23-16/h5,9,12-13,15,18H,2-4,6-8,10-11H2,1H3. The van der Waals surface area contributed by atoms with Crippen LogP contribution in [0.3, 0.4) is 0 Å². The Morgan fingerprint density at radius 3 is 2.96 bits per heavy atom. The minimum atomic E-state index is -0.105. The number of carbonyl (C=O) groups excluding carboxylic acids is 1. The maximum Gasteiger partial charge on any atom is 0.323 e. The molecule has 1 fully saturated rings. The molecule has 1 unspecified atom stereocenters. The van der Waals surface area contributed by atoms with E-state index in [0.29, 0.717) is 12.5 Å². The fraction of sp³-hybridized carbons (Fsp3) is 0.647. The van der Waals surface area contributed by atoms with E-state index >= 15 is 0 Å². The Morgan fingerprint density at radius 2 is 2.35 bits per heavy atom. The smallest absolute Gasteiger partial charge is 0.323 e. The van der Waals surface area contributed by atoms with Crippen molar-refractivity contribution in [2.75, 3.05) is 32.8 Å². The molecular formula is C17H25N3O2S. The summed E-state index contributed by atoms with van der Waals surface area (Å²) in [6.45, 7) is 6.03. The first kappa shape index (κ1) is 16.6. The summed E-state index contributed by atoms with van der Waals surface area (Å²) in [5, 5.41) is 6.50. The molecule has 0 bridgehead atoms. The van der Waals surface area contributed by atoms with Crippen molar-refractivity contribution in [3.05, 3.63) is 22.7 Å². The van der Waals surface area contributed by atoms with E-state index in [2.05, 4.69) is 21.3 Å². The molecule has 0 aromatic carbocycles. The van der Waals surface area contributed by atoms with Crippen LogP contribution >= 0.6 is 11.3 Å². The van der Waals surface area contributed by atoms with E-state index in [1.807, 2.05) is 18.5 Å². The number of piperidine rings is 1.